The fraction of sp³-hybridized carbons (Fsp3) is 0.286. The van der Waals surface area contributed by atoms with E-state index < -0.39 is 0 Å². The predicted molar refractivity (Wildman–Crippen MR) is 110 cm³/mol. The number of thioether (sulfide) groups is 1. The van der Waals surface area contributed by atoms with Gasteiger partial charge in [0.2, 0.25) is 18.6 Å². The van der Waals surface area contributed by atoms with Gasteiger partial charge in [0.05, 0.1) is 5.75 Å². The largest absolute Gasteiger partial charge is 0.454 e. The van der Waals surface area contributed by atoms with Crippen molar-refractivity contribution in [3.63, 3.8) is 0 Å². The summed E-state index contributed by atoms with van der Waals surface area (Å²) in [5, 5.41) is 11.3. The molecule has 1 aliphatic heterocycles. The van der Waals surface area contributed by atoms with E-state index >= 15 is 0 Å². The summed E-state index contributed by atoms with van der Waals surface area (Å²) < 4.78 is 16.3. The van der Waals surface area contributed by atoms with Gasteiger partial charge in [0.1, 0.15) is 0 Å². The predicted octanol–water partition coefficient (Wildman–Crippen LogP) is 4.71. The number of aromatic nitrogens is 2. The molecule has 7 nitrogen and oxygen atoms in total. The molecule has 3 aromatic rings. The van der Waals surface area contributed by atoms with Gasteiger partial charge >= 0.3 is 0 Å². The van der Waals surface area contributed by atoms with E-state index in [1.807, 2.05) is 30.3 Å². The molecule has 0 aliphatic carbocycles. The van der Waals surface area contributed by atoms with E-state index in [2.05, 4.69) is 29.4 Å². The fourth-order valence-electron chi connectivity index (χ4n) is 2.87. The number of fused-ring (bicyclic) bond motifs is 1. The maximum absolute atomic E-state index is 12.2. The van der Waals surface area contributed by atoms with Gasteiger partial charge in [0.15, 0.2) is 11.5 Å². The molecular formula is C21H21N3O4S. The molecule has 1 atom stereocenters. The molecule has 1 aromatic heterocycles. The molecule has 1 aliphatic rings. The lowest BCUT2D eigenvalue weighted by molar-refractivity contribution is -0.113. The molecule has 1 amide bonds. The van der Waals surface area contributed by atoms with Crippen molar-refractivity contribution in [2.75, 3.05) is 17.9 Å². The number of hydrogen-bond acceptors (Lipinski definition) is 7. The summed E-state index contributed by atoms with van der Waals surface area (Å²) in [7, 11) is 0. The summed E-state index contributed by atoms with van der Waals surface area (Å²) >= 11 is 1.19. The maximum Gasteiger partial charge on any atom is 0.277 e. The average molecular weight is 411 g/mol. The van der Waals surface area contributed by atoms with Crippen LogP contribution in [0.4, 0.5) is 5.69 Å². The summed E-state index contributed by atoms with van der Waals surface area (Å²) in [4.78, 5) is 12.2. The first kappa shape index (κ1) is 19.3. The van der Waals surface area contributed by atoms with Crippen LogP contribution in [0, 0.1) is 0 Å². The molecule has 150 valence electrons. The number of anilines is 1. The van der Waals surface area contributed by atoms with Crippen LogP contribution in [0.5, 0.6) is 11.5 Å². The lowest BCUT2D eigenvalue weighted by atomic mass is 9.99. The minimum absolute atomic E-state index is 0.130. The number of hydrogen-bond donors (Lipinski definition) is 1. The van der Waals surface area contributed by atoms with E-state index in [1.165, 1.54) is 17.3 Å². The quantitative estimate of drug-likeness (QED) is 0.563. The van der Waals surface area contributed by atoms with Crippen LogP contribution >= 0.6 is 11.8 Å². The zero-order valence-corrected chi connectivity index (χ0v) is 17.0. The zero-order valence-electron chi connectivity index (χ0n) is 16.2. The van der Waals surface area contributed by atoms with Crippen molar-refractivity contribution in [3.05, 3.63) is 48.0 Å². The maximum atomic E-state index is 12.2. The Hall–Kier alpha value is -3.00. The van der Waals surface area contributed by atoms with Crippen molar-refractivity contribution in [1.29, 1.82) is 0 Å². The Labute approximate surface area is 172 Å². The molecular weight excluding hydrogens is 390 g/mol. The molecule has 0 radical (unpaired) electrons. The Morgan fingerprint density at radius 3 is 2.72 bits per heavy atom. The molecule has 2 heterocycles. The number of carbonyl (C=O) groups excluding carboxylic acids is 1. The van der Waals surface area contributed by atoms with Crippen LogP contribution in [-0.2, 0) is 4.79 Å². The number of nitrogens with one attached hydrogen (secondary N) is 1. The van der Waals surface area contributed by atoms with Crippen LogP contribution in [0.2, 0.25) is 0 Å². The summed E-state index contributed by atoms with van der Waals surface area (Å²) in [6, 6.07) is 13.4. The Morgan fingerprint density at radius 2 is 1.93 bits per heavy atom. The van der Waals surface area contributed by atoms with Gasteiger partial charge in [-0.2, -0.15) is 0 Å². The SMILES string of the molecule is CC[C@H](C)c1ccc(NC(=O)CSc2nnc(-c3ccc4c(c3)OCO4)o2)cc1. The smallest absolute Gasteiger partial charge is 0.277 e. The van der Waals surface area contributed by atoms with Crippen LogP contribution in [0.15, 0.2) is 52.1 Å². The van der Waals surface area contributed by atoms with Crippen molar-refractivity contribution in [2.24, 2.45) is 0 Å². The van der Waals surface area contributed by atoms with E-state index in [0.29, 0.717) is 28.5 Å². The first-order chi connectivity index (χ1) is 14.1. The molecule has 0 saturated carbocycles. The van der Waals surface area contributed by atoms with Gasteiger partial charge in [-0.1, -0.05) is 37.7 Å². The Morgan fingerprint density at radius 1 is 1.14 bits per heavy atom. The average Bonchev–Trinajstić information content (AvgIpc) is 3.41. The number of benzene rings is 2. The van der Waals surface area contributed by atoms with Crippen molar-refractivity contribution in [3.8, 4) is 23.0 Å². The Kier molecular flexibility index (Phi) is 5.71. The van der Waals surface area contributed by atoms with Crippen LogP contribution in [0.1, 0.15) is 31.7 Å². The summed E-state index contributed by atoms with van der Waals surface area (Å²) in [5.41, 5.74) is 2.77. The van der Waals surface area contributed by atoms with Crippen molar-refractivity contribution in [2.45, 2.75) is 31.4 Å². The van der Waals surface area contributed by atoms with Gasteiger partial charge in [-0.25, -0.2) is 0 Å². The summed E-state index contributed by atoms with van der Waals surface area (Å²) in [5.74, 6) is 2.26. The van der Waals surface area contributed by atoms with E-state index in [1.54, 1.807) is 12.1 Å². The third kappa shape index (κ3) is 4.54. The standard InChI is InChI=1S/C21H21N3O4S/c1-3-13(2)14-4-7-16(8-5-14)22-19(25)11-29-21-24-23-20(28-21)15-6-9-17-18(10-15)27-12-26-17/h4-10,13H,3,11-12H2,1-2H3,(H,22,25)/t13-/m0/s1. The third-order valence-electron chi connectivity index (χ3n) is 4.73. The second kappa shape index (κ2) is 8.57. The van der Waals surface area contributed by atoms with Gasteiger partial charge in [0, 0.05) is 11.3 Å². The highest BCUT2D eigenvalue weighted by Crippen LogP contribution is 2.36. The highest BCUT2D eigenvalue weighted by molar-refractivity contribution is 7.99. The lowest BCUT2D eigenvalue weighted by Crippen LogP contribution is -2.14. The van der Waals surface area contributed by atoms with Crippen LogP contribution in [0.3, 0.4) is 0 Å². The van der Waals surface area contributed by atoms with Gasteiger partial charge < -0.3 is 19.2 Å². The molecule has 0 bridgehead atoms. The van der Waals surface area contributed by atoms with Gasteiger partial charge in [0.25, 0.3) is 5.22 Å². The third-order valence-corrected chi connectivity index (χ3v) is 5.55. The summed E-state index contributed by atoms with van der Waals surface area (Å²) in [6.07, 6.45) is 1.08. The minimum Gasteiger partial charge on any atom is -0.454 e. The normalized spacial score (nSPS) is 13.3. The van der Waals surface area contributed by atoms with E-state index in [0.717, 1.165) is 17.7 Å². The molecule has 0 fully saturated rings. The van der Waals surface area contributed by atoms with Gasteiger partial charge in [-0.05, 0) is 48.2 Å². The van der Waals surface area contributed by atoms with Gasteiger partial charge in [-0.15, -0.1) is 10.2 Å². The molecule has 0 saturated heterocycles. The highest BCUT2D eigenvalue weighted by Gasteiger charge is 2.17. The number of rotatable bonds is 7. The molecule has 0 spiro atoms. The monoisotopic (exact) mass is 411 g/mol. The lowest BCUT2D eigenvalue weighted by Gasteiger charge is -2.10. The minimum atomic E-state index is -0.130. The number of carbonyl (C=O) groups is 1. The molecule has 4 rings (SSSR count). The second-order valence-corrected chi connectivity index (χ2v) is 7.64. The molecule has 2 aromatic carbocycles. The fourth-order valence-corrected chi connectivity index (χ4v) is 3.43. The number of nitrogens with zero attached hydrogens (tertiary/aromatic N) is 2. The molecule has 29 heavy (non-hydrogen) atoms. The number of ether oxygens (including phenoxy) is 2. The van der Waals surface area contributed by atoms with E-state index in [9.17, 15) is 4.79 Å². The Bertz CT molecular complexity index is 1000. The first-order valence-electron chi connectivity index (χ1n) is 9.38. The van der Waals surface area contributed by atoms with Crippen molar-refractivity contribution < 1.29 is 18.7 Å². The van der Waals surface area contributed by atoms with Crippen molar-refractivity contribution in [1.82, 2.24) is 10.2 Å². The van der Waals surface area contributed by atoms with Gasteiger partial charge in [-0.3, -0.25) is 4.79 Å². The second-order valence-electron chi connectivity index (χ2n) is 6.71. The first-order valence-corrected chi connectivity index (χ1v) is 10.4. The summed E-state index contributed by atoms with van der Waals surface area (Å²) in [6.45, 7) is 4.55. The van der Waals surface area contributed by atoms with Crippen molar-refractivity contribution >= 4 is 23.4 Å². The molecule has 0 unspecified atom stereocenters. The van der Waals surface area contributed by atoms with Crippen LogP contribution < -0.4 is 14.8 Å². The molecule has 1 N–H and O–H groups in total. The number of amides is 1. The van der Waals surface area contributed by atoms with Crippen LogP contribution in [0.25, 0.3) is 11.5 Å². The van der Waals surface area contributed by atoms with Crippen LogP contribution in [-0.4, -0.2) is 28.7 Å². The molecule has 8 heteroatoms. The zero-order chi connectivity index (χ0) is 20.2. The van der Waals surface area contributed by atoms with E-state index in [-0.39, 0.29) is 18.5 Å². The highest BCUT2D eigenvalue weighted by atomic mass is 32.2. The Balaban J connectivity index is 1.32. The van der Waals surface area contributed by atoms with E-state index in [4.69, 9.17) is 13.9 Å². The topological polar surface area (TPSA) is 86.5 Å².